The first kappa shape index (κ1) is 15.5. The molecule has 0 aliphatic rings. The Morgan fingerprint density at radius 3 is 2.68 bits per heavy atom. The molecule has 0 amide bonds. The highest BCUT2D eigenvalue weighted by Crippen LogP contribution is 2.22. The minimum atomic E-state index is -3.97. The molecule has 0 aliphatic carbocycles. The van der Waals surface area contributed by atoms with Gasteiger partial charge in [0.05, 0.1) is 18.4 Å². The number of nitrogens with zero attached hydrogens (tertiary/aromatic N) is 1. The van der Waals surface area contributed by atoms with E-state index >= 15 is 0 Å². The lowest BCUT2D eigenvalue weighted by Crippen LogP contribution is -2.33. The number of nitriles is 1. The number of methoxy groups -OCH3 is 1. The van der Waals surface area contributed by atoms with Gasteiger partial charge in [-0.2, -0.15) is 5.26 Å². The standard InChI is InChI=1S/C11H11BrN2O4S/c1-7(11(15)18-2)19(16,17)14-10-5-9(12)4-3-8(10)6-13/h3-5,7,14H,1-2H3. The predicted octanol–water partition coefficient (Wildman–Crippen LogP) is 1.62. The minimum absolute atomic E-state index is 0.104. The summed E-state index contributed by atoms with van der Waals surface area (Å²) in [7, 11) is -2.87. The molecule has 0 heterocycles. The maximum absolute atomic E-state index is 11.9. The molecule has 1 rings (SSSR count). The third-order valence-electron chi connectivity index (χ3n) is 2.35. The van der Waals surface area contributed by atoms with Crippen molar-refractivity contribution in [2.24, 2.45) is 0 Å². The third kappa shape index (κ3) is 3.68. The second-order valence-corrected chi connectivity index (χ2v) is 6.53. The predicted molar refractivity (Wildman–Crippen MR) is 72.9 cm³/mol. The van der Waals surface area contributed by atoms with E-state index in [0.717, 1.165) is 7.11 Å². The third-order valence-corrected chi connectivity index (χ3v) is 4.47. The number of benzene rings is 1. The number of nitrogens with one attached hydrogen (secondary N) is 1. The Hall–Kier alpha value is -1.59. The highest BCUT2D eigenvalue weighted by atomic mass is 79.9. The van der Waals surface area contributed by atoms with Crippen molar-refractivity contribution >= 4 is 37.6 Å². The molecular weight excluding hydrogens is 336 g/mol. The summed E-state index contributed by atoms with van der Waals surface area (Å²) >= 11 is 3.18. The molecule has 1 unspecified atom stereocenters. The van der Waals surface area contributed by atoms with Crippen molar-refractivity contribution in [2.75, 3.05) is 11.8 Å². The SMILES string of the molecule is COC(=O)C(C)S(=O)(=O)Nc1cc(Br)ccc1C#N. The van der Waals surface area contributed by atoms with Gasteiger partial charge in [0.15, 0.2) is 5.25 Å². The van der Waals surface area contributed by atoms with Gasteiger partial charge in [-0.3, -0.25) is 9.52 Å². The van der Waals surface area contributed by atoms with E-state index in [1.807, 2.05) is 6.07 Å². The summed E-state index contributed by atoms with van der Waals surface area (Å²) < 4.78 is 31.1. The van der Waals surface area contributed by atoms with Crippen LogP contribution in [-0.4, -0.2) is 26.7 Å². The average Bonchev–Trinajstić information content (AvgIpc) is 2.36. The second kappa shape index (κ2) is 6.04. The maximum Gasteiger partial charge on any atom is 0.325 e. The first-order valence-corrected chi connectivity index (χ1v) is 7.45. The molecule has 0 radical (unpaired) electrons. The smallest absolute Gasteiger partial charge is 0.325 e. The number of rotatable bonds is 4. The maximum atomic E-state index is 11.9. The van der Waals surface area contributed by atoms with E-state index in [2.05, 4.69) is 25.4 Å². The number of anilines is 1. The lowest BCUT2D eigenvalue weighted by Gasteiger charge is -2.13. The van der Waals surface area contributed by atoms with Crippen LogP contribution in [-0.2, 0) is 19.6 Å². The fourth-order valence-corrected chi connectivity index (χ4v) is 2.60. The van der Waals surface area contributed by atoms with Gasteiger partial charge in [0.25, 0.3) is 0 Å². The molecule has 8 heteroatoms. The molecule has 1 aromatic carbocycles. The molecule has 0 saturated carbocycles. The van der Waals surface area contributed by atoms with E-state index in [-0.39, 0.29) is 11.3 Å². The molecule has 0 spiro atoms. The monoisotopic (exact) mass is 346 g/mol. The van der Waals surface area contributed by atoms with Crippen molar-refractivity contribution in [3.05, 3.63) is 28.2 Å². The van der Waals surface area contributed by atoms with Crippen LogP contribution in [0, 0.1) is 11.3 Å². The van der Waals surface area contributed by atoms with Gasteiger partial charge in [-0.1, -0.05) is 15.9 Å². The number of halogens is 1. The van der Waals surface area contributed by atoms with Crippen molar-refractivity contribution in [1.82, 2.24) is 0 Å². The quantitative estimate of drug-likeness (QED) is 0.835. The first-order valence-electron chi connectivity index (χ1n) is 5.11. The zero-order chi connectivity index (χ0) is 14.6. The molecule has 0 saturated heterocycles. The fraction of sp³-hybridized carbons (Fsp3) is 0.273. The van der Waals surface area contributed by atoms with Gasteiger partial charge >= 0.3 is 5.97 Å². The number of carbonyl (C=O) groups is 1. The van der Waals surface area contributed by atoms with Gasteiger partial charge in [0, 0.05) is 4.47 Å². The zero-order valence-corrected chi connectivity index (χ0v) is 12.6. The van der Waals surface area contributed by atoms with Crippen molar-refractivity contribution in [3.63, 3.8) is 0 Å². The summed E-state index contributed by atoms with van der Waals surface area (Å²) in [6.07, 6.45) is 0. The first-order chi connectivity index (χ1) is 8.81. The molecule has 1 N–H and O–H groups in total. The number of hydrogen-bond acceptors (Lipinski definition) is 5. The van der Waals surface area contributed by atoms with Crippen LogP contribution in [0.25, 0.3) is 0 Å². The van der Waals surface area contributed by atoms with Gasteiger partial charge in [0.2, 0.25) is 10.0 Å². The van der Waals surface area contributed by atoms with Gasteiger partial charge < -0.3 is 4.74 Å². The van der Waals surface area contributed by atoms with Crippen molar-refractivity contribution < 1.29 is 17.9 Å². The van der Waals surface area contributed by atoms with E-state index in [0.29, 0.717) is 4.47 Å². The second-order valence-electron chi connectivity index (χ2n) is 3.61. The Morgan fingerprint density at radius 2 is 2.16 bits per heavy atom. The largest absolute Gasteiger partial charge is 0.468 e. The van der Waals surface area contributed by atoms with Crippen molar-refractivity contribution in [3.8, 4) is 6.07 Å². The van der Waals surface area contributed by atoms with Crippen LogP contribution < -0.4 is 4.72 Å². The number of ether oxygens (including phenoxy) is 1. The van der Waals surface area contributed by atoms with E-state index in [4.69, 9.17) is 5.26 Å². The number of sulfonamides is 1. The Bertz CT molecular complexity index is 637. The Morgan fingerprint density at radius 1 is 1.53 bits per heavy atom. The highest BCUT2D eigenvalue weighted by Gasteiger charge is 2.29. The van der Waals surface area contributed by atoms with Gasteiger partial charge in [-0.15, -0.1) is 0 Å². The van der Waals surface area contributed by atoms with Gasteiger partial charge in [-0.05, 0) is 25.1 Å². The number of carbonyl (C=O) groups excluding carboxylic acids is 1. The minimum Gasteiger partial charge on any atom is -0.468 e. The molecule has 0 aromatic heterocycles. The molecule has 6 nitrogen and oxygen atoms in total. The van der Waals surface area contributed by atoms with Crippen LogP contribution in [0.2, 0.25) is 0 Å². The molecule has 0 aliphatic heterocycles. The zero-order valence-electron chi connectivity index (χ0n) is 10.2. The van der Waals surface area contributed by atoms with Crippen LogP contribution >= 0.6 is 15.9 Å². The summed E-state index contributed by atoms with van der Waals surface area (Å²) in [5.74, 6) is -0.874. The summed E-state index contributed by atoms with van der Waals surface area (Å²) in [5, 5.41) is 7.54. The Balaban J connectivity index is 3.12. The highest BCUT2D eigenvalue weighted by molar-refractivity contribution is 9.10. The lowest BCUT2D eigenvalue weighted by molar-refractivity contribution is -0.139. The average molecular weight is 347 g/mol. The number of esters is 1. The summed E-state index contributed by atoms with van der Waals surface area (Å²) in [5.41, 5.74) is 0.261. The van der Waals surface area contributed by atoms with Gasteiger partial charge in [-0.25, -0.2) is 8.42 Å². The van der Waals surface area contributed by atoms with Crippen LogP contribution in [0.3, 0.4) is 0 Å². The number of hydrogen-bond donors (Lipinski definition) is 1. The molecule has 0 fully saturated rings. The molecule has 19 heavy (non-hydrogen) atoms. The van der Waals surface area contributed by atoms with E-state index in [9.17, 15) is 13.2 Å². The normalized spacial score (nSPS) is 12.3. The van der Waals surface area contributed by atoms with E-state index in [1.165, 1.54) is 19.1 Å². The van der Waals surface area contributed by atoms with Gasteiger partial charge in [0.1, 0.15) is 6.07 Å². The van der Waals surface area contributed by atoms with Crippen LogP contribution in [0.1, 0.15) is 12.5 Å². The van der Waals surface area contributed by atoms with Crippen molar-refractivity contribution in [2.45, 2.75) is 12.2 Å². The topological polar surface area (TPSA) is 96.3 Å². The van der Waals surface area contributed by atoms with Crippen LogP contribution in [0.5, 0.6) is 0 Å². The molecule has 102 valence electrons. The Kier molecular flexibility index (Phi) is 4.91. The molecule has 0 bridgehead atoms. The lowest BCUT2D eigenvalue weighted by atomic mass is 10.2. The van der Waals surface area contributed by atoms with Crippen LogP contribution in [0.4, 0.5) is 5.69 Å². The summed E-state index contributed by atoms with van der Waals surface area (Å²) in [4.78, 5) is 11.3. The fourth-order valence-electron chi connectivity index (χ4n) is 1.23. The summed E-state index contributed by atoms with van der Waals surface area (Å²) in [6.45, 7) is 1.21. The van der Waals surface area contributed by atoms with Crippen LogP contribution in [0.15, 0.2) is 22.7 Å². The van der Waals surface area contributed by atoms with Crippen molar-refractivity contribution in [1.29, 1.82) is 5.26 Å². The molecular formula is C11H11BrN2O4S. The summed E-state index contributed by atoms with van der Waals surface area (Å²) in [6, 6.07) is 6.38. The molecule has 1 atom stereocenters. The van der Waals surface area contributed by atoms with E-state index < -0.39 is 21.2 Å². The Labute approximate surface area is 119 Å². The molecule has 1 aromatic rings. The van der Waals surface area contributed by atoms with E-state index in [1.54, 1.807) is 6.07 Å².